The Morgan fingerprint density at radius 2 is 2.03 bits per heavy atom. The molecule has 11 nitrogen and oxygen atoms in total. The number of nitrogen functional groups attached to an aromatic ring is 1. The van der Waals surface area contributed by atoms with Crippen molar-refractivity contribution in [3.05, 3.63) is 40.4 Å². The van der Waals surface area contributed by atoms with Crippen LogP contribution in [0.25, 0.3) is 11.2 Å². The van der Waals surface area contributed by atoms with Gasteiger partial charge in [-0.1, -0.05) is 29.1 Å². The number of halogens is 2. The van der Waals surface area contributed by atoms with Crippen LogP contribution in [0.1, 0.15) is 32.0 Å². The van der Waals surface area contributed by atoms with Crippen LogP contribution in [0, 0.1) is 17.8 Å². The summed E-state index contributed by atoms with van der Waals surface area (Å²) in [5.74, 6) is 7.21. The van der Waals surface area contributed by atoms with Gasteiger partial charge in [0.2, 0.25) is 5.82 Å². The Kier molecular flexibility index (Phi) is 9.25. The van der Waals surface area contributed by atoms with Crippen molar-refractivity contribution in [2.24, 2.45) is 5.92 Å². The van der Waals surface area contributed by atoms with E-state index < -0.39 is 18.3 Å². The molecule has 38 heavy (non-hydrogen) atoms. The number of aliphatic hydroxyl groups excluding tert-OH is 2. The number of nitrogens with two attached hydrogens (primary N) is 1. The third-order valence-electron chi connectivity index (χ3n) is 6.20. The SMILES string of the molecule is C[C@@H](O)[C@@H](CO)OCn1cnc2c(N)nc(C#CCC3CCN(C(=O)Oc4ccc(Cl)c(Cl)c4)CC3)nc21. The molecule has 0 unspecified atom stereocenters. The molecule has 0 aliphatic carbocycles. The molecule has 3 aromatic rings. The maximum Gasteiger partial charge on any atom is 0.415 e. The highest BCUT2D eigenvalue weighted by molar-refractivity contribution is 6.42. The van der Waals surface area contributed by atoms with Crippen LogP contribution in [-0.2, 0) is 11.5 Å². The van der Waals surface area contributed by atoms with E-state index in [9.17, 15) is 15.0 Å². The van der Waals surface area contributed by atoms with E-state index in [1.54, 1.807) is 21.6 Å². The lowest BCUT2D eigenvalue weighted by Gasteiger charge is -2.30. The molecule has 1 amide bonds. The molecule has 1 aromatic carbocycles. The second kappa shape index (κ2) is 12.6. The highest BCUT2D eigenvalue weighted by Gasteiger charge is 2.24. The van der Waals surface area contributed by atoms with Crippen LogP contribution in [0.2, 0.25) is 10.0 Å². The summed E-state index contributed by atoms with van der Waals surface area (Å²) in [5.41, 5.74) is 6.91. The number of fused-ring (bicyclic) bond motifs is 1. The third-order valence-corrected chi connectivity index (χ3v) is 6.94. The van der Waals surface area contributed by atoms with Crippen molar-refractivity contribution >= 4 is 46.3 Å². The molecular weight excluding hydrogens is 535 g/mol. The van der Waals surface area contributed by atoms with Gasteiger partial charge in [0.25, 0.3) is 0 Å². The predicted molar refractivity (Wildman–Crippen MR) is 142 cm³/mol. The molecule has 2 aromatic heterocycles. The number of nitrogens with zero attached hydrogens (tertiary/aromatic N) is 5. The fraction of sp³-hybridized carbons (Fsp3) is 0.440. The Labute approximate surface area is 229 Å². The van der Waals surface area contributed by atoms with E-state index in [0.29, 0.717) is 52.4 Å². The average Bonchev–Trinajstić information content (AvgIpc) is 3.30. The number of aromatic nitrogens is 4. The number of likely N-dealkylation sites (tertiary alicyclic amines) is 1. The maximum atomic E-state index is 12.5. The van der Waals surface area contributed by atoms with Crippen molar-refractivity contribution in [3.63, 3.8) is 0 Å². The number of amides is 1. The second-order valence-corrected chi connectivity index (χ2v) is 9.77. The summed E-state index contributed by atoms with van der Waals surface area (Å²) in [6.45, 7) is 2.34. The molecule has 0 spiro atoms. The number of hydrogen-bond donors (Lipinski definition) is 3. The van der Waals surface area contributed by atoms with Gasteiger partial charge in [0.1, 0.15) is 24.1 Å². The van der Waals surface area contributed by atoms with E-state index in [1.165, 1.54) is 19.3 Å². The number of piperidine rings is 1. The first-order valence-corrected chi connectivity index (χ1v) is 12.8. The van der Waals surface area contributed by atoms with Crippen LogP contribution in [0.3, 0.4) is 0 Å². The van der Waals surface area contributed by atoms with Gasteiger partial charge in [-0.25, -0.2) is 19.7 Å². The number of carbonyl (C=O) groups is 1. The largest absolute Gasteiger partial charge is 0.415 e. The number of anilines is 1. The maximum absolute atomic E-state index is 12.5. The Morgan fingerprint density at radius 3 is 2.71 bits per heavy atom. The van der Waals surface area contributed by atoms with Gasteiger partial charge >= 0.3 is 6.09 Å². The van der Waals surface area contributed by atoms with Crippen LogP contribution < -0.4 is 10.5 Å². The lowest BCUT2D eigenvalue weighted by molar-refractivity contribution is -0.0804. The summed E-state index contributed by atoms with van der Waals surface area (Å²) in [6.07, 6.45) is 1.69. The van der Waals surface area contributed by atoms with Crippen molar-refractivity contribution in [2.45, 2.75) is 45.1 Å². The highest BCUT2D eigenvalue weighted by atomic mass is 35.5. The number of carbonyl (C=O) groups excluding carboxylic acids is 1. The van der Waals surface area contributed by atoms with E-state index in [2.05, 4.69) is 26.8 Å². The number of rotatable bonds is 7. The van der Waals surface area contributed by atoms with Gasteiger partial charge in [-0.05, 0) is 43.7 Å². The van der Waals surface area contributed by atoms with Gasteiger partial charge in [-0.3, -0.25) is 4.57 Å². The second-order valence-electron chi connectivity index (χ2n) is 8.96. The normalized spacial score (nSPS) is 15.7. The molecule has 2 atom stereocenters. The smallest absolute Gasteiger partial charge is 0.410 e. The summed E-state index contributed by atoms with van der Waals surface area (Å²) >= 11 is 11.9. The molecule has 4 rings (SSSR count). The molecule has 0 saturated carbocycles. The van der Waals surface area contributed by atoms with E-state index in [4.69, 9.17) is 38.4 Å². The molecule has 0 bridgehead atoms. The quantitative estimate of drug-likeness (QED) is 0.369. The minimum absolute atomic E-state index is 0.0159. The highest BCUT2D eigenvalue weighted by Crippen LogP contribution is 2.27. The number of aliphatic hydroxyl groups is 2. The third kappa shape index (κ3) is 6.83. The Hall–Kier alpha value is -3.14. The zero-order chi connectivity index (χ0) is 27.2. The van der Waals surface area contributed by atoms with Gasteiger partial charge in [0, 0.05) is 25.6 Å². The van der Waals surface area contributed by atoms with Gasteiger partial charge in [0.15, 0.2) is 11.5 Å². The van der Waals surface area contributed by atoms with Crippen LogP contribution in [0.4, 0.5) is 10.6 Å². The minimum atomic E-state index is -0.837. The summed E-state index contributed by atoms with van der Waals surface area (Å²) in [7, 11) is 0. The van der Waals surface area contributed by atoms with E-state index >= 15 is 0 Å². The molecule has 1 aliphatic rings. The lowest BCUT2D eigenvalue weighted by Crippen LogP contribution is -2.40. The molecule has 1 fully saturated rings. The van der Waals surface area contributed by atoms with Crippen molar-refractivity contribution < 1.29 is 24.5 Å². The Bertz CT molecular complexity index is 1350. The monoisotopic (exact) mass is 562 g/mol. The number of benzene rings is 1. The van der Waals surface area contributed by atoms with Crippen LogP contribution in [-0.4, -0.2) is 72.6 Å². The molecule has 0 radical (unpaired) electrons. The van der Waals surface area contributed by atoms with Crippen molar-refractivity contribution in [2.75, 3.05) is 25.4 Å². The van der Waals surface area contributed by atoms with Gasteiger partial charge in [-0.2, -0.15) is 0 Å². The van der Waals surface area contributed by atoms with Crippen molar-refractivity contribution in [3.8, 4) is 17.6 Å². The van der Waals surface area contributed by atoms with Gasteiger partial charge < -0.3 is 30.3 Å². The van der Waals surface area contributed by atoms with Crippen molar-refractivity contribution in [1.82, 2.24) is 24.4 Å². The zero-order valence-electron chi connectivity index (χ0n) is 20.7. The number of imidazole rings is 1. The molecule has 202 valence electrons. The van der Waals surface area contributed by atoms with E-state index in [1.807, 2.05) is 0 Å². The molecule has 3 heterocycles. The van der Waals surface area contributed by atoms with Gasteiger partial charge in [-0.15, -0.1) is 0 Å². The lowest BCUT2D eigenvalue weighted by atomic mass is 9.94. The van der Waals surface area contributed by atoms with Crippen LogP contribution in [0.15, 0.2) is 24.5 Å². The number of ether oxygens (including phenoxy) is 2. The standard InChI is InChI=1S/C25H28Cl2N6O5/c1-15(35)20(12-34)37-14-33-13-29-22-23(28)30-21(31-24(22)33)4-2-3-16-7-9-32(10-8-16)25(36)38-17-5-6-18(26)19(27)11-17/h5-6,11,13,15-16,20,34-35H,3,7-10,12,14H2,1H3,(H2,28,30,31)/t15-,20-/m1/s1. The summed E-state index contributed by atoms with van der Waals surface area (Å²) < 4.78 is 12.6. The van der Waals surface area contributed by atoms with Gasteiger partial charge in [0.05, 0.1) is 29.1 Å². The number of hydrogen-bond acceptors (Lipinski definition) is 9. The topological polar surface area (TPSA) is 149 Å². The fourth-order valence-corrected chi connectivity index (χ4v) is 4.22. The molecule has 1 saturated heterocycles. The molecular formula is C25H28Cl2N6O5. The van der Waals surface area contributed by atoms with Crippen molar-refractivity contribution in [1.29, 1.82) is 0 Å². The molecule has 1 aliphatic heterocycles. The van der Waals surface area contributed by atoms with E-state index in [0.717, 1.165) is 12.8 Å². The summed E-state index contributed by atoms with van der Waals surface area (Å²) in [5, 5.41) is 19.7. The summed E-state index contributed by atoms with van der Waals surface area (Å²) in [6, 6.07) is 4.69. The fourth-order valence-electron chi connectivity index (χ4n) is 3.94. The average molecular weight is 563 g/mol. The molecule has 13 heteroatoms. The van der Waals surface area contributed by atoms with Crippen LogP contribution in [0.5, 0.6) is 5.75 Å². The Balaban J connectivity index is 1.32. The van der Waals surface area contributed by atoms with E-state index in [-0.39, 0.29) is 25.0 Å². The minimum Gasteiger partial charge on any atom is -0.410 e. The predicted octanol–water partition coefficient (Wildman–Crippen LogP) is 3.08. The Morgan fingerprint density at radius 1 is 1.26 bits per heavy atom. The first-order valence-electron chi connectivity index (χ1n) is 12.0. The zero-order valence-corrected chi connectivity index (χ0v) is 22.2. The first-order chi connectivity index (χ1) is 18.2. The summed E-state index contributed by atoms with van der Waals surface area (Å²) in [4.78, 5) is 27.1. The first kappa shape index (κ1) is 27.9. The van der Waals surface area contributed by atoms with Crippen LogP contribution >= 0.6 is 23.2 Å². The molecule has 4 N–H and O–H groups in total.